The van der Waals surface area contributed by atoms with Gasteiger partial charge < -0.3 is 20.4 Å². The van der Waals surface area contributed by atoms with Crippen LogP contribution in [0, 0.1) is 0 Å². The van der Waals surface area contributed by atoms with Crippen LogP contribution in [-0.2, 0) is 9.59 Å². The Kier molecular flexibility index (Phi) is 4.82. The van der Waals surface area contributed by atoms with Crippen LogP contribution in [0.5, 0.6) is 0 Å². The SMILES string of the molecule is O=C=NC(O)(N=C=O)[C@@H](O)[C@H](O)CO. The minimum Gasteiger partial charge on any atom is -0.394 e. The number of aliphatic imine (C=N–C) groups is 2. The lowest BCUT2D eigenvalue weighted by molar-refractivity contribution is -0.126. The number of hydrogen-bond acceptors (Lipinski definition) is 8. The van der Waals surface area contributed by atoms with Crippen molar-refractivity contribution in [2.75, 3.05) is 6.61 Å². The van der Waals surface area contributed by atoms with Crippen LogP contribution >= 0.6 is 0 Å². The summed E-state index contributed by atoms with van der Waals surface area (Å²) in [6, 6.07) is 0. The maximum Gasteiger partial charge on any atom is 0.305 e. The van der Waals surface area contributed by atoms with Gasteiger partial charge >= 0.3 is 5.85 Å². The summed E-state index contributed by atoms with van der Waals surface area (Å²) in [5, 5.41) is 35.6. The summed E-state index contributed by atoms with van der Waals surface area (Å²) in [5.41, 5.74) is 0. The van der Waals surface area contributed by atoms with Crippen LogP contribution in [0.25, 0.3) is 0 Å². The molecule has 0 bridgehead atoms. The molecule has 0 aliphatic carbocycles. The zero-order valence-corrected chi connectivity index (χ0v) is 6.86. The van der Waals surface area contributed by atoms with Crippen LogP contribution in [0.3, 0.4) is 0 Å². The topological polar surface area (TPSA) is 140 Å². The summed E-state index contributed by atoms with van der Waals surface area (Å²) in [7, 11) is 0. The van der Waals surface area contributed by atoms with Crippen LogP contribution in [0.15, 0.2) is 9.98 Å². The van der Waals surface area contributed by atoms with Crippen molar-refractivity contribution < 1.29 is 30.0 Å². The van der Waals surface area contributed by atoms with Gasteiger partial charge in [-0.15, -0.1) is 9.98 Å². The zero-order valence-electron chi connectivity index (χ0n) is 6.86. The average Bonchev–Trinajstić information content (AvgIpc) is 2.16. The molecule has 0 amide bonds. The first-order chi connectivity index (χ1) is 6.51. The van der Waals surface area contributed by atoms with E-state index in [4.69, 9.17) is 15.3 Å². The first-order valence-corrected chi connectivity index (χ1v) is 3.39. The average molecular weight is 204 g/mol. The number of aliphatic hydroxyl groups excluding tert-OH is 3. The molecule has 0 heterocycles. The summed E-state index contributed by atoms with van der Waals surface area (Å²) in [5.74, 6) is -2.87. The Morgan fingerprint density at radius 2 is 1.64 bits per heavy atom. The zero-order chi connectivity index (χ0) is 11.2. The van der Waals surface area contributed by atoms with E-state index >= 15 is 0 Å². The van der Waals surface area contributed by atoms with Crippen molar-refractivity contribution >= 4 is 12.2 Å². The van der Waals surface area contributed by atoms with E-state index in [-0.39, 0.29) is 0 Å². The molecule has 0 aliphatic rings. The van der Waals surface area contributed by atoms with Crippen molar-refractivity contribution in [1.82, 2.24) is 0 Å². The Morgan fingerprint density at radius 3 is 1.93 bits per heavy atom. The van der Waals surface area contributed by atoms with Gasteiger partial charge in [-0.3, -0.25) is 0 Å². The van der Waals surface area contributed by atoms with Gasteiger partial charge in [0.25, 0.3) is 0 Å². The minimum atomic E-state index is -2.87. The summed E-state index contributed by atoms with van der Waals surface area (Å²) in [6.07, 6.45) is -2.23. The summed E-state index contributed by atoms with van der Waals surface area (Å²) in [6.45, 7) is -0.910. The van der Waals surface area contributed by atoms with Gasteiger partial charge in [-0.05, 0) is 0 Å². The van der Waals surface area contributed by atoms with Gasteiger partial charge in [-0.25, -0.2) is 9.59 Å². The molecule has 0 spiro atoms. The van der Waals surface area contributed by atoms with Crippen LogP contribution in [-0.4, -0.2) is 57.2 Å². The molecule has 0 saturated carbocycles. The molecule has 8 nitrogen and oxygen atoms in total. The van der Waals surface area contributed by atoms with E-state index in [9.17, 15) is 14.7 Å². The molecule has 4 N–H and O–H groups in total. The normalized spacial score (nSPS) is 18.3. The van der Waals surface area contributed by atoms with Crippen molar-refractivity contribution in [3.63, 3.8) is 0 Å². The molecular weight excluding hydrogens is 196 g/mol. The van der Waals surface area contributed by atoms with Crippen LogP contribution in [0.1, 0.15) is 0 Å². The Morgan fingerprint density at radius 1 is 1.21 bits per heavy atom. The van der Waals surface area contributed by atoms with E-state index in [1.54, 1.807) is 0 Å². The van der Waals surface area contributed by atoms with E-state index in [0.29, 0.717) is 0 Å². The predicted octanol–water partition coefficient (Wildman–Crippen LogP) is -2.98. The second kappa shape index (κ2) is 5.36. The molecule has 0 saturated heterocycles. The number of isocyanates is 2. The van der Waals surface area contributed by atoms with Gasteiger partial charge in [0, 0.05) is 0 Å². The first-order valence-electron chi connectivity index (χ1n) is 3.39. The van der Waals surface area contributed by atoms with Crippen molar-refractivity contribution in [1.29, 1.82) is 0 Å². The fourth-order valence-electron chi connectivity index (χ4n) is 0.650. The smallest absolute Gasteiger partial charge is 0.305 e. The number of rotatable bonds is 5. The first kappa shape index (κ1) is 12.6. The predicted molar refractivity (Wildman–Crippen MR) is 40.3 cm³/mol. The molecule has 0 aliphatic heterocycles. The van der Waals surface area contributed by atoms with E-state index in [0.717, 1.165) is 12.2 Å². The molecule has 0 fully saturated rings. The fourth-order valence-corrected chi connectivity index (χ4v) is 0.650. The molecular formula is C6H8N2O6. The van der Waals surface area contributed by atoms with Gasteiger partial charge in [0.15, 0.2) is 6.10 Å². The van der Waals surface area contributed by atoms with Gasteiger partial charge in [0.1, 0.15) is 6.10 Å². The quantitative estimate of drug-likeness (QED) is 0.278. The third-order valence-corrected chi connectivity index (χ3v) is 1.37. The molecule has 2 atom stereocenters. The Bertz CT molecular complexity index is 262. The number of hydrogen-bond donors (Lipinski definition) is 4. The monoisotopic (exact) mass is 204 g/mol. The second-order valence-electron chi connectivity index (χ2n) is 2.29. The van der Waals surface area contributed by atoms with Gasteiger partial charge in [0.2, 0.25) is 12.2 Å². The molecule has 0 rings (SSSR count). The Labute approximate surface area is 77.9 Å². The van der Waals surface area contributed by atoms with Crippen molar-refractivity contribution in [3.8, 4) is 0 Å². The van der Waals surface area contributed by atoms with E-state index in [2.05, 4.69) is 9.98 Å². The summed E-state index contributed by atoms with van der Waals surface area (Å²) >= 11 is 0. The van der Waals surface area contributed by atoms with Crippen molar-refractivity contribution in [2.24, 2.45) is 9.98 Å². The van der Waals surface area contributed by atoms with Gasteiger partial charge in [0.05, 0.1) is 6.61 Å². The molecule has 0 aromatic carbocycles. The number of aliphatic hydroxyl groups is 4. The highest BCUT2D eigenvalue weighted by Gasteiger charge is 2.40. The lowest BCUT2D eigenvalue weighted by atomic mass is 10.1. The third-order valence-electron chi connectivity index (χ3n) is 1.37. The molecule has 14 heavy (non-hydrogen) atoms. The largest absolute Gasteiger partial charge is 0.394 e. The van der Waals surface area contributed by atoms with E-state index in [1.807, 2.05) is 0 Å². The van der Waals surface area contributed by atoms with E-state index in [1.165, 1.54) is 0 Å². The molecule has 8 heteroatoms. The minimum absolute atomic E-state index is 0.853. The van der Waals surface area contributed by atoms with Crippen LogP contribution in [0.2, 0.25) is 0 Å². The lowest BCUT2D eigenvalue weighted by Crippen LogP contribution is -2.47. The highest BCUT2D eigenvalue weighted by Crippen LogP contribution is 2.16. The highest BCUT2D eigenvalue weighted by atomic mass is 16.4. The van der Waals surface area contributed by atoms with Gasteiger partial charge in [-0.1, -0.05) is 0 Å². The summed E-state index contributed by atoms with van der Waals surface area (Å²) < 4.78 is 0. The molecule has 0 aromatic rings. The second-order valence-corrected chi connectivity index (χ2v) is 2.29. The molecule has 0 radical (unpaired) electrons. The molecule has 0 unspecified atom stereocenters. The standard InChI is InChI=1S/C6H8N2O6/c9-1-4(12)5(13)6(14,7-2-10)8-3-11/h4-5,9,12-14H,1H2/t4-,5+/m1/s1. The fraction of sp³-hybridized carbons (Fsp3) is 0.667. The van der Waals surface area contributed by atoms with Crippen LogP contribution in [0.4, 0.5) is 0 Å². The Balaban J connectivity index is 4.99. The molecule has 0 aromatic heterocycles. The highest BCUT2D eigenvalue weighted by molar-refractivity contribution is 5.38. The maximum absolute atomic E-state index is 9.81. The maximum atomic E-state index is 9.81. The van der Waals surface area contributed by atoms with Crippen LogP contribution < -0.4 is 0 Å². The summed E-state index contributed by atoms with van der Waals surface area (Å²) in [4.78, 5) is 24.9. The third kappa shape index (κ3) is 2.82. The van der Waals surface area contributed by atoms with Gasteiger partial charge in [-0.2, -0.15) is 0 Å². The lowest BCUT2D eigenvalue weighted by Gasteiger charge is -2.24. The van der Waals surface area contributed by atoms with Crippen molar-refractivity contribution in [3.05, 3.63) is 0 Å². The molecule has 78 valence electrons. The number of carbonyl (C=O) groups excluding carboxylic acids is 2. The van der Waals surface area contributed by atoms with Crippen molar-refractivity contribution in [2.45, 2.75) is 18.1 Å². The Hall–Kier alpha value is -1.40. The van der Waals surface area contributed by atoms with E-state index < -0.39 is 24.7 Å². The number of nitrogens with zero attached hydrogens (tertiary/aromatic N) is 2.